The van der Waals surface area contributed by atoms with Crippen LogP contribution in [0.15, 0.2) is 41.7 Å². The van der Waals surface area contributed by atoms with E-state index >= 15 is 0 Å². The third kappa shape index (κ3) is 5.62. The molecule has 0 fully saturated rings. The average molecular weight is 435 g/mol. The van der Waals surface area contributed by atoms with E-state index in [9.17, 15) is 23.6 Å². The van der Waals surface area contributed by atoms with Gasteiger partial charge in [-0.25, -0.2) is 0 Å². The number of nitrogens with zero attached hydrogens (tertiary/aromatic N) is 2. The quantitative estimate of drug-likeness (QED) is 0.468. The number of alkyl halides is 2. The molecule has 0 unspecified atom stereocenters. The fraction of sp³-hybridized carbons (Fsp3) is 0.250. The number of para-hydroxylation sites is 1. The van der Waals surface area contributed by atoms with Gasteiger partial charge in [0.05, 0.1) is 11.1 Å². The predicted molar refractivity (Wildman–Crippen MR) is 109 cm³/mol. The number of carbonyl (C=O) groups excluding carboxylic acids is 1. The lowest BCUT2D eigenvalue weighted by atomic mass is 10.2. The van der Waals surface area contributed by atoms with E-state index in [2.05, 4.69) is 16.6 Å². The molecule has 7 nitrogen and oxygen atoms in total. The molecule has 0 saturated carbocycles. The van der Waals surface area contributed by atoms with Gasteiger partial charge in [0.15, 0.2) is 5.57 Å². The number of allylic oxidation sites excluding steroid dienone is 1. The highest BCUT2D eigenvalue weighted by Gasteiger charge is 2.15. The molecule has 1 aromatic carbocycles. The van der Waals surface area contributed by atoms with Crippen LogP contribution in [0.25, 0.3) is 11.6 Å². The molecule has 2 rings (SSSR count). The first-order valence-electron chi connectivity index (χ1n) is 8.70. The van der Waals surface area contributed by atoms with Crippen LogP contribution in [-0.2, 0) is 16.1 Å². The molecule has 0 aliphatic carbocycles. The summed E-state index contributed by atoms with van der Waals surface area (Å²) in [5.74, 6) is -0.750. The molecule has 1 aromatic heterocycles. The summed E-state index contributed by atoms with van der Waals surface area (Å²) in [5, 5.41) is 12.0. The Labute approximate surface area is 174 Å². The molecule has 1 heterocycles. The van der Waals surface area contributed by atoms with E-state index in [0.29, 0.717) is 0 Å². The number of carbonyl (C=O) groups is 1. The maximum atomic E-state index is 12.9. The second kappa shape index (κ2) is 11.0. The number of halogens is 2. The Morgan fingerprint density at radius 2 is 2.17 bits per heavy atom. The van der Waals surface area contributed by atoms with Crippen molar-refractivity contribution in [1.82, 2.24) is 9.88 Å². The standard InChI is InChI=1S/C20H19F2N3O4S/c1-3-9-25-18(27)16(11-13-6-4-5-7-15(13)29-20(21)22)30-19(25)14(12-23)17(26)24-8-10-28-2/h3-7,11,20H,1,8-10H2,2H3,(H,24,26)/b16-11-,19-14+. The number of thiazole rings is 1. The van der Waals surface area contributed by atoms with Gasteiger partial charge in [-0.1, -0.05) is 24.3 Å². The Hall–Kier alpha value is -3.29. The van der Waals surface area contributed by atoms with Crippen molar-refractivity contribution in [3.63, 3.8) is 0 Å². The summed E-state index contributed by atoms with van der Waals surface area (Å²) in [7, 11) is 1.47. The molecule has 0 aliphatic heterocycles. The van der Waals surface area contributed by atoms with Crippen LogP contribution in [0.1, 0.15) is 5.56 Å². The molecule has 0 atom stereocenters. The fourth-order valence-electron chi connectivity index (χ4n) is 2.50. The molecular weight excluding hydrogens is 416 g/mol. The van der Waals surface area contributed by atoms with Crippen molar-refractivity contribution in [1.29, 1.82) is 5.26 Å². The van der Waals surface area contributed by atoms with Crippen molar-refractivity contribution in [2.24, 2.45) is 0 Å². The largest absolute Gasteiger partial charge is 0.434 e. The topological polar surface area (TPSA) is 93.4 Å². The van der Waals surface area contributed by atoms with Gasteiger partial charge in [0.2, 0.25) is 0 Å². The van der Waals surface area contributed by atoms with Gasteiger partial charge in [-0.2, -0.15) is 14.0 Å². The molecule has 2 aromatic rings. The Morgan fingerprint density at radius 1 is 1.43 bits per heavy atom. The zero-order chi connectivity index (χ0) is 22.1. The summed E-state index contributed by atoms with van der Waals surface area (Å²) in [6.45, 7) is 1.08. The van der Waals surface area contributed by atoms with Crippen molar-refractivity contribution in [3.05, 3.63) is 62.0 Å². The lowest BCUT2D eigenvalue weighted by Crippen LogP contribution is -2.35. The molecule has 0 saturated heterocycles. The molecule has 1 N–H and O–H groups in total. The molecule has 30 heavy (non-hydrogen) atoms. The van der Waals surface area contributed by atoms with Crippen LogP contribution in [0.4, 0.5) is 8.78 Å². The first-order valence-corrected chi connectivity index (χ1v) is 9.52. The highest BCUT2D eigenvalue weighted by Crippen LogP contribution is 2.20. The average Bonchev–Trinajstić information content (AvgIpc) is 3.00. The monoisotopic (exact) mass is 435 g/mol. The molecule has 10 heteroatoms. The number of amides is 1. The number of methoxy groups -OCH3 is 1. The van der Waals surface area contributed by atoms with Gasteiger partial charge in [-0.15, -0.1) is 17.9 Å². The third-order valence-corrected chi connectivity index (χ3v) is 4.92. The summed E-state index contributed by atoms with van der Waals surface area (Å²) in [6.07, 6.45) is 2.83. The van der Waals surface area contributed by atoms with E-state index in [1.807, 2.05) is 6.07 Å². The van der Waals surface area contributed by atoms with E-state index < -0.39 is 18.1 Å². The van der Waals surface area contributed by atoms with Crippen LogP contribution in [-0.4, -0.2) is 37.3 Å². The van der Waals surface area contributed by atoms with Gasteiger partial charge in [0, 0.05) is 25.8 Å². The Morgan fingerprint density at radius 3 is 2.80 bits per heavy atom. The van der Waals surface area contributed by atoms with Crippen LogP contribution in [0.5, 0.6) is 5.75 Å². The second-order valence-electron chi connectivity index (χ2n) is 5.77. The summed E-state index contributed by atoms with van der Waals surface area (Å²) in [5.41, 5.74) is -0.470. The van der Waals surface area contributed by atoms with Crippen LogP contribution in [0.2, 0.25) is 0 Å². The van der Waals surface area contributed by atoms with E-state index in [0.717, 1.165) is 11.3 Å². The van der Waals surface area contributed by atoms with E-state index in [1.54, 1.807) is 6.07 Å². The zero-order valence-corrected chi connectivity index (χ0v) is 16.9. The summed E-state index contributed by atoms with van der Waals surface area (Å²) >= 11 is 0.901. The number of hydrogen-bond donors (Lipinski definition) is 1. The van der Waals surface area contributed by atoms with Crippen molar-refractivity contribution in [2.75, 3.05) is 20.3 Å². The molecule has 0 bridgehead atoms. The molecule has 0 spiro atoms. The Balaban J connectivity index is 2.68. The van der Waals surface area contributed by atoms with Crippen molar-refractivity contribution in [3.8, 4) is 11.8 Å². The minimum absolute atomic E-state index is 0.0597. The van der Waals surface area contributed by atoms with Crippen LogP contribution in [0.3, 0.4) is 0 Å². The first kappa shape index (κ1) is 23.0. The van der Waals surface area contributed by atoms with Gasteiger partial charge in [0.1, 0.15) is 16.5 Å². The Bertz CT molecular complexity index is 1130. The number of nitrogens with one attached hydrogen (secondary N) is 1. The minimum atomic E-state index is -3.02. The van der Waals surface area contributed by atoms with Gasteiger partial charge < -0.3 is 14.8 Å². The first-order chi connectivity index (χ1) is 14.4. The Kier molecular flexibility index (Phi) is 8.46. The summed E-state index contributed by atoms with van der Waals surface area (Å²) < 4.78 is 36.2. The fourth-order valence-corrected chi connectivity index (χ4v) is 3.60. The van der Waals surface area contributed by atoms with Crippen molar-refractivity contribution in [2.45, 2.75) is 13.2 Å². The van der Waals surface area contributed by atoms with Crippen LogP contribution < -0.4 is 24.8 Å². The molecule has 158 valence electrons. The summed E-state index contributed by atoms with van der Waals surface area (Å²) in [4.78, 5) is 25.2. The van der Waals surface area contributed by atoms with Gasteiger partial charge in [-0.3, -0.25) is 14.2 Å². The lowest BCUT2D eigenvalue weighted by Gasteiger charge is -2.06. The number of aromatic nitrogens is 1. The highest BCUT2D eigenvalue weighted by molar-refractivity contribution is 7.07. The number of rotatable bonds is 9. The zero-order valence-electron chi connectivity index (χ0n) is 16.1. The third-order valence-electron chi connectivity index (χ3n) is 3.79. The maximum Gasteiger partial charge on any atom is 0.387 e. The molecule has 1 amide bonds. The van der Waals surface area contributed by atoms with Crippen LogP contribution in [0, 0.1) is 11.3 Å². The number of hydrogen-bond acceptors (Lipinski definition) is 6. The van der Waals surface area contributed by atoms with Gasteiger partial charge in [-0.05, 0) is 12.1 Å². The SMILES string of the molecule is C=CCn1c(=O)/c(=C/c2ccccc2OC(F)F)s/c1=C(\C#N)C(=O)NCCOC. The highest BCUT2D eigenvalue weighted by atomic mass is 32.1. The molecular formula is C20H19F2N3O4S. The summed E-state index contributed by atoms with van der Waals surface area (Å²) in [6, 6.07) is 7.83. The van der Waals surface area contributed by atoms with Gasteiger partial charge in [0.25, 0.3) is 11.5 Å². The van der Waals surface area contributed by atoms with Crippen LogP contribution >= 0.6 is 11.3 Å². The van der Waals surface area contributed by atoms with Crippen molar-refractivity contribution < 1.29 is 23.0 Å². The number of benzene rings is 1. The smallest absolute Gasteiger partial charge is 0.387 e. The van der Waals surface area contributed by atoms with E-state index in [4.69, 9.17) is 4.74 Å². The van der Waals surface area contributed by atoms with Crippen molar-refractivity contribution >= 4 is 28.9 Å². The minimum Gasteiger partial charge on any atom is -0.434 e. The predicted octanol–water partition coefficient (Wildman–Crippen LogP) is 0.963. The van der Waals surface area contributed by atoms with E-state index in [-0.39, 0.29) is 45.8 Å². The number of nitriles is 1. The van der Waals surface area contributed by atoms with E-state index in [1.165, 1.54) is 42.0 Å². The second-order valence-corrected chi connectivity index (χ2v) is 6.80. The molecule has 0 radical (unpaired) electrons. The normalized spacial score (nSPS) is 12.4. The lowest BCUT2D eigenvalue weighted by molar-refractivity contribution is -0.115. The maximum absolute atomic E-state index is 12.9. The molecule has 0 aliphatic rings. The number of ether oxygens (including phenoxy) is 2. The van der Waals surface area contributed by atoms with Gasteiger partial charge >= 0.3 is 6.61 Å².